The number of piperidine rings is 1. The summed E-state index contributed by atoms with van der Waals surface area (Å²) in [5.74, 6) is 2.42. The monoisotopic (exact) mass is 350 g/mol. The lowest BCUT2D eigenvalue weighted by atomic mass is 9.96. The molecular formula is C19H30N2O2S. The first kappa shape index (κ1) is 19.1. The summed E-state index contributed by atoms with van der Waals surface area (Å²) in [6, 6.07) is 8.36. The molecule has 0 spiro atoms. The number of thioether (sulfide) groups is 1. The van der Waals surface area contributed by atoms with E-state index in [2.05, 4.69) is 17.0 Å². The van der Waals surface area contributed by atoms with Gasteiger partial charge < -0.3 is 14.5 Å². The lowest BCUT2D eigenvalue weighted by Gasteiger charge is -2.34. The Morgan fingerprint density at radius 1 is 1.29 bits per heavy atom. The summed E-state index contributed by atoms with van der Waals surface area (Å²) in [7, 11) is 3.64. The van der Waals surface area contributed by atoms with E-state index in [1.807, 2.05) is 30.3 Å². The Hall–Kier alpha value is -1.20. The fraction of sp³-hybridized carbons (Fsp3) is 0.632. The molecule has 24 heavy (non-hydrogen) atoms. The molecule has 4 nitrogen and oxygen atoms in total. The molecule has 0 aliphatic carbocycles. The number of rotatable bonds is 8. The molecule has 1 fully saturated rings. The summed E-state index contributed by atoms with van der Waals surface area (Å²) >= 11 is 1.60. The number of methoxy groups -OCH3 is 1. The zero-order valence-electron chi connectivity index (χ0n) is 15.2. The Kier molecular flexibility index (Phi) is 7.92. The molecule has 2 rings (SSSR count). The number of carbonyl (C=O) groups excluding carboxylic acids is 1. The lowest BCUT2D eigenvalue weighted by Crippen LogP contribution is -2.40. The van der Waals surface area contributed by atoms with Gasteiger partial charge in [-0.3, -0.25) is 4.79 Å². The van der Waals surface area contributed by atoms with E-state index in [9.17, 15) is 4.79 Å². The third kappa shape index (κ3) is 6.02. The van der Waals surface area contributed by atoms with Crippen molar-refractivity contribution in [3.8, 4) is 5.75 Å². The second-order valence-corrected chi connectivity index (χ2v) is 7.46. The smallest absolute Gasteiger partial charge is 0.232 e. The van der Waals surface area contributed by atoms with Gasteiger partial charge in [0.25, 0.3) is 0 Å². The summed E-state index contributed by atoms with van der Waals surface area (Å²) in [4.78, 5) is 16.3. The highest BCUT2D eigenvalue weighted by atomic mass is 32.2. The van der Waals surface area contributed by atoms with Crippen LogP contribution >= 0.6 is 11.8 Å². The first-order valence-electron chi connectivity index (χ1n) is 8.70. The number of benzene rings is 1. The number of ether oxygens (including phenoxy) is 1. The Labute approximate surface area is 150 Å². The van der Waals surface area contributed by atoms with Crippen LogP contribution < -0.4 is 4.74 Å². The number of nitrogens with zero attached hydrogens (tertiary/aromatic N) is 2. The van der Waals surface area contributed by atoms with E-state index >= 15 is 0 Å². The average molecular weight is 351 g/mol. The number of carbonyl (C=O) groups is 1. The van der Waals surface area contributed by atoms with Gasteiger partial charge >= 0.3 is 0 Å². The van der Waals surface area contributed by atoms with Gasteiger partial charge in [0.15, 0.2) is 0 Å². The third-order valence-corrected chi connectivity index (χ3v) is 5.34. The van der Waals surface area contributed by atoms with Crippen molar-refractivity contribution in [2.75, 3.05) is 52.3 Å². The highest BCUT2D eigenvalue weighted by Gasteiger charge is 2.21. The topological polar surface area (TPSA) is 32.8 Å². The van der Waals surface area contributed by atoms with Gasteiger partial charge in [0.05, 0.1) is 12.9 Å². The fourth-order valence-corrected chi connectivity index (χ4v) is 3.66. The van der Waals surface area contributed by atoms with Crippen LogP contribution in [0.4, 0.5) is 0 Å². The molecule has 1 amide bonds. The van der Waals surface area contributed by atoms with Crippen molar-refractivity contribution in [1.29, 1.82) is 0 Å². The van der Waals surface area contributed by atoms with Crippen molar-refractivity contribution in [3.63, 3.8) is 0 Å². The maximum atomic E-state index is 11.9. The molecule has 0 bridgehead atoms. The average Bonchev–Trinajstić information content (AvgIpc) is 2.61. The van der Waals surface area contributed by atoms with Gasteiger partial charge in [-0.05, 0) is 62.2 Å². The van der Waals surface area contributed by atoms with Gasteiger partial charge in [-0.15, -0.1) is 0 Å². The number of amides is 1. The largest absolute Gasteiger partial charge is 0.497 e. The maximum absolute atomic E-state index is 11.9. The Morgan fingerprint density at radius 3 is 2.54 bits per heavy atom. The fourth-order valence-electron chi connectivity index (χ4n) is 3.19. The minimum atomic E-state index is 0.254. The highest BCUT2D eigenvalue weighted by molar-refractivity contribution is 7.99. The molecule has 5 heteroatoms. The summed E-state index contributed by atoms with van der Waals surface area (Å²) in [6.45, 7) is 4.31. The highest BCUT2D eigenvalue weighted by Crippen LogP contribution is 2.19. The standard InChI is InChI=1S/C19H30N2O2S/c1-20(19(22)15-24-3)14-17-9-12-21(13-10-17)11-8-16-4-6-18(23-2)7-5-16/h4-7,17H,8-15H2,1-3H3. The summed E-state index contributed by atoms with van der Waals surface area (Å²) in [5.41, 5.74) is 1.36. The Balaban J connectivity index is 1.67. The zero-order valence-corrected chi connectivity index (χ0v) is 16.0. The van der Waals surface area contributed by atoms with Crippen molar-refractivity contribution >= 4 is 17.7 Å². The molecule has 1 saturated heterocycles. The quantitative estimate of drug-likeness (QED) is 0.722. The summed E-state index contributed by atoms with van der Waals surface area (Å²) < 4.78 is 5.20. The van der Waals surface area contributed by atoms with E-state index in [4.69, 9.17) is 4.74 Å². The van der Waals surface area contributed by atoms with Crippen LogP contribution in [-0.4, -0.2) is 68.1 Å². The minimum absolute atomic E-state index is 0.254. The van der Waals surface area contributed by atoms with E-state index in [-0.39, 0.29) is 5.91 Å². The van der Waals surface area contributed by atoms with Crippen LogP contribution in [0.5, 0.6) is 5.75 Å². The van der Waals surface area contributed by atoms with Crippen LogP contribution in [0.3, 0.4) is 0 Å². The van der Waals surface area contributed by atoms with Crippen LogP contribution in [0, 0.1) is 5.92 Å². The van der Waals surface area contributed by atoms with E-state index in [1.165, 1.54) is 18.4 Å². The molecule has 1 aromatic carbocycles. The Bertz CT molecular complexity index is 499. The zero-order chi connectivity index (χ0) is 17.4. The Morgan fingerprint density at radius 2 is 1.96 bits per heavy atom. The molecule has 1 aliphatic rings. The predicted octanol–water partition coefficient (Wildman–Crippen LogP) is 2.77. The molecule has 0 atom stereocenters. The second kappa shape index (κ2) is 9.94. The van der Waals surface area contributed by atoms with Crippen LogP contribution in [0.15, 0.2) is 24.3 Å². The molecule has 134 valence electrons. The van der Waals surface area contributed by atoms with E-state index in [0.29, 0.717) is 11.7 Å². The van der Waals surface area contributed by atoms with Crippen molar-refractivity contribution in [3.05, 3.63) is 29.8 Å². The van der Waals surface area contributed by atoms with Crippen LogP contribution in [0.1, 0.15) is 18.4 Å². The van der Waals surface area contributed by atoms with Crippen molar-refractivity contribution in [2.45, 2.75) is 19.3 Å². The molecule has 0 unspecified atom stereocenters. The van der Waals surface area contributed by atoms with Crippen molar-refractivity contribution < 1.29 is 9.53 Å². The second-order valence-electron chi connectivity index (χ2n) is 6.59. The number of likely N-dealkylation sites (tertiary alicyclic amines) is 1. The van der Waals surface area contributed by atoms with Gasteiger partial charge in [-0.1, -0.05) is 12.1 Å². The van der Waals surface area contributed by atoms with E-state index in [0.717, 1.165) is 38.3 Å². The summed E-state index contributed by atoms with van der Waals surface area (Å²) in [6.07, 6.45) is 5.45. The molecule has 1 aromatic rings. The molecule has 0 aromatic heterocycles. The molecular weight excluding hydrogens is 320 g/mol. The van der Waals surface area contributed by atoms with E-state index in [1.54, 1.807) is 18.9 Å². The van der Waals surface area contributed by atoms with Gasteiger partial charge in [0.1, 0.15) is 5.75 Å². The first-order valence-corrected chi connectivity index (χ1v) is 10.1. The maximum Gasteiger partial charge on any atom is 0.232 e. The van der Waals surface area contributed by atoms with Gasteiger partial charge in [-0.2, -0.15) is 11.8 Å². The SMILES string of the molecule is COc1ccc(CCN2CCC(CN(C)C(=O)CSC)CC2)cc1. The van der Waals surface area contributed by atoms with Crippen LogP contribution in [-0.2, 0) is 11.2 Å². The van der Waals surface area contributed by atoms with Crippen molar-refractivity contribution in [2.24, 2.45) is 5.92 Å². The molecule has 0 radical (unpaired) electrons. The molecule has 0 saturated carbocycles. The van der Waals surface area contributed by atoms with Crippen LogP contribution in [0.25, 0.3) is 0 Å². The normalized spacial score (nSPS) is 16.1. The van der Waals surface area contributed by atoms with Gasteiger partial charge in [-0.25, -0.2) is 0 Å². The molecule has 0 N–H and O–H groups in total. The van der Waals surface area contributed by atoms with Gasteiger partial charge in [0.2, 0.25) is 5.91 Å². The van der Waals surface area contributed by atoms with Gasteiger partial charge in [0, 0.05) is 20.1 Å². The minimum Gasteiger partial charge on any atom is -0.497 e. The number of hydrogen-bond donors (Lipinski definition) is 0. The molecule has 1 aliphatic heterocycles. The van der Waals surface area contributed by atoms with Crippen LogP contribution in [0.2, 0.25) is 0 Å². The molecule has 1 heterocycles. The first-order chi connectivity index (χ1) is 11.6. The summed E-state index contributed by atoms with van der Waals surface area (Å²) in [5, 5.41) is 0. The third-order valence-electron chi connectivity index (χ3n) is 4.81. The van der Waals surface area contributed by atoms with Crippen molar-refractivity contribution in [1.82, 2.24) is 9.80 Å². The number of hydrogen-bond acceptors (Lipinski definition) is 4. The lowest BCUT2D eigenvalue weighted by molar-refractivity contribution is -0.127. The predicted molar refractivity (Wildman–Crippen MR) is 102 cm³/mol. The van der Waals surface area contributed by atoms with E-state index < -0.39 is 0 Å².